The van der Waals surface area contributed by atoms with Crippen molar-refractivity contribution in [3.63, 3.8) is 0 Å². The van der Waals surface area contributed by atoms with Gasteiger partial charge in [0.1, 0.15) is 0 Å². The van der Waals surface area contributed by atoms with Gasteiger partial charge in [-0.05, 0) is 51.2 Å². The van der Waals surface area contributed by atoms with Gasteiger partial charge in [-0.25, -0.2) is 0 Å². The van der Waals surface area contributed by atoms with Crippen molar-refractivity contribution in [1.82, 2.24) is 0 Å². The van der Waals surface area contributed by atoms with E-state index in [1.54, 1.807) is 0 Å². The summed E-state index contributed by atoms with van der Waals surface area (Å²) >= 11 is 3.57. The number of rotatable bonds is 2. The van der Waals surface area contributed by atoms with Crippen LogP contribution in [0.3, 0.4) is 0 Å². The van der Waals surface area contributed by atoms with Crippen LogP contribution in [-0.4, -0.2) is 0 Å². The van der Waals surface area contributed by atoms with E-state index in [4.69, 9.17) is 0 Å². The lowest BCUT2D eigenvalue weighted by atomic mass is 9.94. The average molecular weight is 347 g/mol. The molecule has 0 radical (unpaired) electrons. The van der Waals surface area contributed by atoms with Gasteiger partial charge in [-0.1, -0.05) is 82.7 Å². The zero-order valence-electron chi connectivity index (χ0n) is 12.1. The van der Waals surface area contributed by atoms with E-state index in [1.807, 2.05) is 0 Å². The summed E-state index contributed by atoms with van der Waals surface area (Å²) in [6.45, 7) is 0. The van der Waals surface area contributed by atoms with Crippen molar-refractivity contribution in [2.45, 2.75) is 6.42 Å². The molecule has 1 heteroatoms. The fourth-order valence-corrected chi connectivity index (χ4v) is 3.59. The second-order valence-corrected chi connectivity index (χ2v) is 6.52. The molecule has 0 heterocycles. The standard InChI is InChI=1S/C21H15Br/c22-18-8-5-6-15(13-18)12-17-14-16-7-1-2-9-19(16)21-11-4-3-10-20(17)21/h1-11,13-14H,12H2. The third-order valence-electron chi connectivity index (χ3n) is 4.14. The summed E-state index contributed by atoms with van der Waals surface area (Å²) in [5.74, 6) is 0. The van der Waals surface area contributed by atoms with Crippen LogP contribution in [0.2, 0.25) is 0 Å². The second kappa shape index (κ2) is 5.58. The Morgan fingerprint density at radius 3 is 2.18 bits per heavy atom. The van der Waals surface area contributed by atoms with Gasteiger partial charge in [0.2, 0.25) is 0 Å². The van der Waals surface area contributed by atoms with Crippen molar-refractivity contribution in [3.8, 4) is 0 Å². The first-order chi connectivity index (χ1) is 10.8. The summed E-state index contributed by atoms with van der Waals surface area (Å²) in [5, 5.41) is 5.33. The van der Waals surface area contributed by atoms with Gasteiger partial charge < -0.3 is 0 Å². The molecule has 0 fully saturated rings. The van der Waals surface area contributed by atoms with Crippen LogP contribution in [-0.2, 0) is 6.42 Å². The van der Waals surface area contributed by atoms with E-state index in [2.05, 4.69) is 94.8 Å². The monoisotopic (exact) mass is 346 g/mol. The zero-order chi connectivity index (χ0) is 14.9. The maximum absolute atomic E-state index is 3.57. The molecule has 0 atom stereocenters. The van der Waals surface area contributed by atoms with E-state index in [0.29, 0.717) is 0 Å². The Hall–Kier alpha value is -2.12. The third kappa shape index (κ3) is 2.42. The molecule has 0 amide bonds. The van der Waals surface area contributed by atoms with E-state index in [9.17, 15) is 0 Å². The predicted octanol–water partition coefficient (Wildman–Crippen LogP) is 6.35. The van der Waals surface area contributed by atoms with E-state index < -0.39 is 0 Å². The molecule has 0 bridgehead atoms. The molecule has 4 aromatic rings. The van der Waals surface area contributed by atoms with Gasteiger partial charge in [0.25, 0.3) is 0 Å². The Kier molecular flexibility index (Phi) is 3.44. The van der Waals surface area contributed by atoms with Crippen LogP contribution in [0.1, 0.15) is 11.1 Å². The van der Waals surface area contributed by atoms with Crippen LogP contribution in [0.4, 0.5) is 0 Å². The van der Waals surface area contributed by atoms with Crippen LogP contribution in [0, 0.1) is 0 Å². The number of benzene rings is 4. The maximum atomic E-state index is 3.57. The average Bonchev–Trinajstić information content (AvgIpc) is 2.55. The zero-order valence-corrected chi connectivity index (χ0v) is 13.7. The number of hydrogen-bond donors (Lipinski definition) is 0. The molecule has 4 rings (SSSR count). The molecule has 0 aromatic heterocycles. The fourth-order valence-electron chi connectivity index (χ4n) is 3.14. The molecule has 0 N–H and O–H groups in total. The Bertz CT molecular complexity index is 970. The lowest BCUT2D eigenvalue weighted by Crippen LogP contribution is -1.91. The van der Waals surface area contributed by atoms with Crippen molar-refractivity contribution in [2.75, 3.05) is 0 Å². The number of halogens is 1. The van der Waals surface area contributed by atoms with Crippen molar-refractivity contribution >= 4 is 37.5 Å². The molecule has 0 nitrogen and oxygen atoms in total. The van der Waals surface area contributed by atoms with Gasteiger partial charge in [-0.15, -0.1) is 0 Å². The Balaban J connectivity index is 1.95. The fraction of sp³-hybridized carbons (Fsp3) is 0.0476. The quantitative estimate of drug-likeness (QED) is 0.371. The molecule has 0 saturated carbocycles. The molecule has 4 aromatic carbocycles. The summed E-state index contributed by atoms with van der Waals surface area (Å²) in [5.41, 5.74) is 2.71. The van der Waals surface area contributed by atoms with E-state index in [0.717, 1.165) is 10.9 Å². The summed E-state index contributed by atoms with van der Waals surface area (Å²) in [6.07, 6.45) is 0.949. The minimum Gasteiger partial charge on any atom is -0.0616 e. The lowest BCUT2D eigenvalue weighted by Gasteiger charge is -2.11. The summed E-state index contributed by atoms with van der Waals surface area (Å²) in [6, 6.07) is 28.2. The van der Waals surface area contributed by atoms with Gasteiger partial charge in [-0.3, -0.25) is 0 Å². The summed E-state index contributed by atoms with van der Waals surface area (Å²) in [7, 11) is 0. The number of fused-ring (bicyclic) bond motifs is 3. The summed E-state index contributed by atoms with van der Waals surface area (Å²) in [4.78, 5) is 0. The normalized spacial score (nSPS) is 11.1. The lowest BCUT2D eigenvalue weighted by molar-refractivity contribution is 1.21. The molecule has 22 heavy (non-hydrogen) atoms. The highest BCUT2D eigenvalue weighted by molar-refractivity contribution is 9.10. The van der Waals surface area contributed by atoms with Crippen LogP contribution in [0.5, 0.6) is 0 Å². The molecular formula is C21H15Br. The smallest absolute Gasteiger partial charge is 0.0178 e. The van der Waals surface area contributed by atoms with Crippen LogP contribution in [0.15, 0.2) is 83.3 Å². The van der Waals surface area contributed by atoms with Gasteiger partial charge in [0, 0.05) is 4.47 Å². The SMILES string of the molecule is Brc1cccc(Cc2cc3ccccc3c3ccccc23)c1. The Morgan fingerprint density at radius 1 is 0.636 bits per heavy atom. The third-order valence-corrected chi connectivity index (χ3v) is 4.63. The van der Waals surface area contributed by atoms with E-state index in [1.165, 1.54) is 32.7 Å². The highest BCUT2D eigenvalue weighted by atomic mass is 79.9. The largest absolute Gasteiger partial charge is 0.0616 e. The topological polar surface area (TPSA) is 0 Å². The van der Waals surface area contributed by atoms with Crippen molar-refractivity contribution in [1.29, 1.82) is 0 Å². The molecule has 0 unspecified atom stereocenters. The van der Waals surface area contributed by atoms with Gasteiger partial charge in [-0.2, -0.15) is 0 Å². The van der Waals surface area contributed by atoms with E-state index >= 15 is 0 Å². The highest BCUT2D eigenvalue weighted by Crippen LogP contribution is 2.30. The van der Waals surface area contributed by atoms with Crippen LogP contribution >= 0.6 is 15.9 Å². The molecule has 106 valence electrons. The Labute approximate surface area is 138 Å². The van der Waals surface area contributed by atoms with Crippen molar-refractivity contribution in [3.05, 3.63) is 94.5 Å². The molecule has 0 aliphatic carbocycles. The second-order valence-electron chi connectivity index (χ2n) is 5.61. The maximum Gasteiger partial charge on any atom is 0.0178 e. The molecule has 0 aliphatic heterocycles. The number of hydrogen-bond acceptors (Lipinski definition) is 0. The minimum absolute atomic E-state index is 0.949. The Morgan fingerprint density at radius 2 is 1.36 bits per heavy atom. The van der Waals surface area contributed by atoms with Gasteiger partial charge in [0.15, 0.2) is 0 Å². The molecule has 0 aliphatic rings. The molecular weight excluding hydrogens is 332 g/mol. The first kappa shape index (κ1) is 13.5. The van der Waals surface area contributed by atoms with Crippen molar-refractivity contribution in [2.24, 2.45) is 0 Å². The first-order valence-corrected chi connectivity index (χ1v) is 8.24. The highest BCUT2D eigenvalue weighted by Gasteiger charge is 2.07. The van der Waals surface area contributed by atoms with Crippen molar-refractivity contribution < 1.29 is 0 Å². The molecule has 0 spiro atoms. The van der Waals surface area contributed by atoms with Gasteiger partial charge >= 0.3 is 0 Å². The van der Waals surface area contributed by atoms with Crippen LogP contribution < -0.4 is 0 Å². The minimum atomic E-state index is 0.949. The molecule has 0 saturated heterocycles. The van der Waals surface area contributed by atoms with Crippen LogP contribution in [0.25, 0.3) is 21.5 Å². The summed E-state index contributed by atoms with van der Waals surface area (Å²) < 4.78 is 1.13. The van der Waals surface area contributed by atoms with E-state index in [-0.39, 0.29) is 0 Å². The van der Waals surface area contributed by atoms with Gasteiger partial charge in [0.05, 0.1) is 0 Å². The first-order valence-electron chi connectivity index (χ1n) is 7.45. The predicted molar refractivity (Wildman–Crippen MR) is 98.4 cm³/mol.